The second-order valence-electron chi connectivity index (χ2n) is 6.71. The van der Waals surface area contributed by atoms with Crippen molar-refractivity contribution in [1.29, 1.82) is 0 Å². The lowest BCUT2D eigenvalue weighted by Crippen LogP contribution is -2.15. The van der Waals surface area contributed by atoms with Crippen LogP contribution < -0.4 is 5.32 Å². The maximum Gasteiger partial charge on any atom is 0.147 e. The minimum atomic E-state index is -0.573. The van der Waals surface area contributed by atoms with E-state index < -0.39 is 6.10 Å². The van der Waals surface area contributed by atoms with Gasteiger partial charge in [-0.3, -0.25) is 4.98 Å². The summed E-state index contributed by atoms with van der Waals surface area (Å²) in [4.78, 5) is 8.66. The summed E-state index contributed by atoms with van der Waals surface area (Å²) in [6.45, 7) is 10.8. The molecule has 2 rings (SSSR count). The predicted molar refractivity (Wildman–Crippen MR) is 90.1 cm³/mol. The lowest BCUT2D eigenvalue weighted by atomic mass is 9.86. The minimum Gasteiger partial charge on any atom is -0.387 e. The molecule has 0 fully saturated rings. The molecule has 22 heavy (non-hydrogen) atoms. The molecule has 1 atom stereocenters. The van der Waals surface area contributed by atoms with Crippen LogP contribution in [-0.2, 0) is 5.41 Å². The van der Waals surface area contributed by atoms with E-state index in [1.165, 1.54) is 5.56 Å². The molecule has 0 saturated carbocycles. The molecule has 1 heterocycles. The third-order valence-electron chi connectivity index (χ3n) is 3.70. The standard InChI is InChI=1S/C18H25N3O/c1-12-10-19-13(2)17(21-12)20-11-16(22)14-6-8-15(9-7-14)18(3,4)5/h6-10,16,22H,11H2,1-5H3,(H,20,21). The highest BCUT2D eigenvalue weighted by Gasteiger charge is 2.15. The fourth-order valence-electron chi connectivity index (χ4n) is 2.22. The first-order valence-corrected chi connectivity index (χ1v) is 7.60. The summed E-state index contributed by atoms with van der Waals surface area (Å²) >= 11 is 0. The summed E-state index contributed by atoms with van der Waals surface area (Å²) in [6.07, 6.45) is 1.16. The van der Waals surface area contributed by atoms with Crippen molar-refractivity contribution >= 4 is 5.82 Å². The van der Waals surface area contributed by atoms with Crippen molar-refractivity contribution in [2.24, 2.45) is 0 Å². The summed E-state index contributed by atoms with van der Waals surface area (Å²) < 4.78 is 0. The fourth-order valence-corrected chi connectivity index (χ4v) is 2.22. The van der Waals surface area contributed by atoms with Crippen LogP contribution in [0.15, 0.2) is 30.5 Å². The molecule has 0 spiro atoms. The van der Waals surface area contributed by atoms with E-state index in [9.17, 15) is 5.11 Å². The number of aliphatic hydroxyl groups excluding tert-OH is 1. The van der Waals surface area contributed by atoms with Crippen molar-refractivity contribution in [2.45, 2.75) is 46.1 Å². The van der Waals surface area contributed by atoms with Crippen LogP contribution in [0.4, 0.5) is 5.82 Å². The first-order valence-electron chi connectivity index (χ1n) is 7.60. The molecule has 0 aliphatic rings. The molecule has 1 unspecified atom stereocenters. The molecule has 0 radical (unpaired) electrons. The summed E-state index contributed by atoms with van der Waals surface area (Å²) in [5.41, 5.74) is 3.98. The molecule has 0 amide bonds. The van der Waals surface area contributed by atoms with Gasteiger partial charge in [0.1, 0.15) is 5.82 Å². The molecule has 2 N–H and O–H groups in total. The Morgan fingerprint density at radius 2 is 1.77 bits per heavy atom. The molecular formula is C18H25N3O. The van der Waals surface area contributed by atoms with Gasteiger partial charge in [-0.15, -0.1) is 0 Å². The Kier molecular flexibility index (Phi) is 4.81. The monoisotopic (exact) mass is 299 g/mol. The Morgan fingerprint density at radius 1 is 1.14 bits per heavy atom. The Hall–Kier alpha value is -1.94. The number of nitrogens with zero attached hydrogens (tertiary/aromatic N) is 2. The van der Waals surface area contributed by atoms with Crippen LogP contribution in [-0.4, -0.2) is 21.6 Å². The van der Waals surface area contributed by atoms with E-state index in [0.29, 0.717) is 6.54 Å². The summed E-state index contributed by atoms with van der Waals surface area (Å²) in [6, 6.07) is 8.13. The van der Waals surface area contributed by atoms with Crippen LogP contribution >= 0.6 is 0 Å². The average molecular weight is 299 g/mol. The minimum absolute atomic E-state index is 0.121. The predicted octanol–water partition coefficient (Wildman–Crippen LogP) is 3.54. The molecule has 0 aliphatic carbocycles. The van der Waals surface area contributed by atoms with E-state index in [1.54, 1.807) is 6.20 Å². The van der Waals surface area contributed by atoms with Crippen molar-refractivity contribution in [3.8, 4) is 0 Å². The second-order valence-corrected chi connectivity index (χ2v) is 6.71. The lowest BCUT2D eigenvalue weighted by molar-refractivity contribution is 0.191. The van der Waals surface area contributed by atoms with Gasteiger partial charge in [0.2, 0.25) is 0 Å². The summed E-state index contributed by atoms with van der Waals surface area (Å²) in [5.74, 6) is 0.727. The molecule has 1 aromatic heterocycles. The molecular weight excluding hydrogens is 274 g/mol. The maximum atomic E-state index is 10.3. The van der Waals surface area contributed by atoms with E-state index in [1.807, 2.05) is 26.0 Å². The molecule has 4 nitrogen and oxygen atoms in total. The molecule has 0 aliphatic heterocycles. The molecule has 0 bridgehead atoms. The van der Waals surface area contributed by atoms with Gasteiger partial charge in [-0.1, -0.05) is 45.0 Å². The molecule has 2 aromatic rings. The Bertz CT molecular complexity index is 630. The van der Waals surface area contributed by atoms with Crippen molar-refractivity contribution in [2.75, 3.05) is 11.9 Å². The topological polar surface area (TPSA) is 58.0 Å². The maximum absolute atomic E-state index is 10.3. The van der Waals surface area contributed by atoms with E-state index >= 15 is 0 Å². The number of hydrogen-bond acceptors (Lipinski definition) is 4. The SMILES string of the molecule is Cc1cnc(C)c(NCC(O)c2ccc(C(C)(C)C)cc2)n1. The smallest absolute Gasteiger partial charge is 0.147 e. The molecule has 1 aromatic carbocycles. The van der Waals surface area contributed by atoms with Crippen LogP contribution in [0.5, 0.6) is 0 Å². The van der Waals surface area contributed by atoms with E-state index in [4.69, 9.17) is 0 Å². The largest absolute Gasteiger partial charge is 0.387 e. The van der Waals surface area contributed by atoms with Crippen LogP contribution in [0.1, 0.15) is 49.4 Å². The van der Waals surface area contributed by atoms with E-state index in [0.717, 1.165) is 22.8 Å². The number of anilines is 1. The zero-order chi connectivity index (χ0) is 16.3. The van der Waals surface area contributed by atoms with Gasteiger partial charge >= 0.3 is 0 Å². The van der Waals surface area contributed by atoms with Gasteiger partial charge in [0.05, 0.1) is 17.5 Å². The number of hydrogen-bond donors (Lipinski definition) is 2. The first-order chi connectivity index (χ1) is 10.3. The fraction of sp³-hybridized carbons (Fsp3) is 0.444. The highest BCUT2D eigenvalue weighted by molar-refractivity contribution is 5.40. The van der Waals surface area contributed by atoms with Gasteiger partial charge < -0.3 is 10.4 Å². The number of nitrogens with one attached hydrogen (secondary N) is 1. The zero-order valence-electron chi connectivity index (χ0n) is 14.0. The molecule has 118 valence electrons. The van der Waals surface area contributed by atoms with Gasteiger partial charge in [-0.2, -0.15) is 0 Å². The van der Waals surface area contributed by atoms with Gasteiger partial charge in [0.25, 0.3) is 0 Å². The Labute approximate surface area is 132 Å². The quantitative estimate of drug-likeness (QED) is 0.906. The van der Waals surface area contributed by atoms with Crippen molar-refractivity contribution in [3.05, 3.63) is 53.0 Å². The summed E-state index contributed by atoms with van der Waals surface area (Å²) in [5, 5.41) is 13.5. The summed E-state index contributed by atoms with van der Waals surface area (Å²) in [7, 11) is 0. The normalized spacial score (nSPS) is 13.0. The zero-order valence-corrected chi connectivity index (χ0v) is 14.0. The van der Waals surface area contributed by atoms with Crippen LogP contribution in [0.2, 0.25) is 0 Å². The second kappa shape index (κ2) is 6.44. The average Bonchev–Trinajstić information content (AvgIpc) is 2.47. The first kappa shape index (κ1) is 16.4. The van der Waals surface area contributed by atoms with Crippen molar-refractivity contribution in [1.82, 2.24) is 9.97 Å². The van der Waals surface area contributed by atoms with Gasteiger partial charge in [-0.25, -0.2) is 4.98 Å². The molecule has 0 saturated heterocycles. The number of aliphatic hydroxyl groups is 1. The Balaban J connectivity index is 2.03. The van der Waals surface area contributed by atoms with Crippen LogP contribution in [0.3, 0.4) is 0 Å². The molecule has 4 heteroatoms. The van der Waals surface area contributed by atoms with Gasteiger partial charge in [0.15, 0.2) is 0 Å². The van der Waals surface area contributed by atoms with E-state index in [-0.39, 0.29) is 5.41 Å². The third kappa shape index (κ3) is 4.04. The number of rotatable bonds is 4. The lowest BCUT2D eigenvalue weighted by Gasteiger charge is -2.20. The third-order valence-corrected chi connectivity index (χ3v) is 3.70. The van der Waals surface area contributed by atoms with Crippen LogP contribution in [0, 0.1) is 13.8 Å². The van der Waals surface area contributed by atoms with Crippen molar-refractivity contribution < 1.29 is 5.11 Å². The number of aromatic nitrogens is 2. The number of aryl methyl sites for hydroxylation is 2. The Morgan fingerprint density at radius 3 is 2.36 bits per heavy atom. The van der Waals surface area contributed by atoms with Gasteiger partial charge in [0, 0.05) is 12.7 Å². The van der Waals surface area contributed by atoms with Crippen molar-refractivity contribution in [3.63, 3.8) is 0 Å². The number of benzene rings is 1. The highest BCUT2D eigenvalue weighted by Crippen LogP contribution is 2.24. The van der Waals surface area contributed by atoms with Gasteiger partial charge in [-0.05, 0) is 30.4 Å². The van der Waals surface area contributed by atoms with Crippen LogP contribution in [0.25, 0.3) is 0 Å². The van der Waals surface area contributed by atoms with E-state index in [2.05, 4.69) is 48.2 Å². The highest BCUT2D eigenvalue weighted by atomic mass is 16.3.